The zero-order valence-corrected chi connectivity index (χ0v) is 17.8. The van der Waals surface area contributed by atoms with E-state index in [0.717, 1.165) is 29.6 Å². The van der Waals surface area contributed by atoms with Gasteiger partial charge in [-0.2, -0.15) is 0 Å². The van der Waals surface area contributed by atoms with E-state index in [-0.39, 0.29) is 5.75 Å². The van der Waals surface area contributed by atoms with Gasteiger partial charge < -0.3 is 5.11 Å². The number of allylic oxidation sites excluding steroid dienone is 2. The Kier molecular flexibility index (Phi) is 4.82. The van der Waals surface area contributed by atoms with E-state index in [1.54, 1.807) is 6.07 Å². The Bertz CT molecular complexity index is 1280. The van der Waals surface area contributed by atoms with Crippen molar-refractivity contribution in [1.29, 1.82) is 0 Å². The van der Waals surface area contributed by atoms with Crippen LogP contribution in [0.15, 0.2) is 54.7 Å². The van der Waals surface area contributed by atoms with Crippen LogP contribution in [-0.2, 0) is 0 Å². The third-order valence-electron chi connectivity index (χ3n) is 6.35. The first-order chi connectivity index (χ1) is 14.7. The van der Waals surface area contributed by atoms with Crippen LogP contribution < -0.4 is 0 Å². The van der Waals surface area contributed by atoms with Crippen LogP contribution in [0.1, 0.15) is 63.5 Å². The van der Waals surface area contributed by atoms with Gasteiger partial charge in [-0.1, -0.05) is 44.9 Å². The van der Waals surface area contributed by atoms with E-state index in [4.69, 9.17) is 4.98 Å². The molecule has 0 spiro atoms. The van der Waals surface area contributed by atoms with Crippen molar-refractivity contribution < 1.29 is 5.11 Å². The summed E-state index contributed by atoms with van der Waals surface area (Å²) in [5, 5.41) is 12.7. The van der Waals surface area contributed by atoms with E-state index in [1.165, 1.54) is 58.9 Å². The number of phenols is 1. The van der Waals surface area contributed by atoms with Gasteiger partial charge in [0, 0.05) is 34.2 Å². The third-order valence-corrected chi connectivity index (χ3v) is 6.35. The molecule has 2 aromatic carbocycles. The van der Waals surface area contributed by atoms with Crippen molar-refractivity contribution in [3.8, 4) is 11.6 Å². The average molecular weight is 397 g/mol. The number of benzene rings is 2. The molecule has 0 saturated heterocycles. The maximum Gasteiger partial charge on any atom is 0.145 e. The van der Waals surface area contributed by atoms with Crippen LogP contribution in [0.2, 0.25) is 0 Å². The first kappa shape index (κ1) is 18.9. The molecule has 30 heavy (non-hydrogen) atoms. The van der Waals surface area contributed by atoms with Gasteiger partial charge in [0.05, 0.1) is 11.0 Å². The van der Waals surface area contributed by atoms with Crippen LogP contribution in [0.3, 0.4) is 0 Å². The number of hydrogen-bond acceptors (Lipinski definition) is 2. The van der Waals surface area contributed by atoms with Gasteiger partial charge in [-0.25, -0.2) is 4.98 Å². The topological polar surface area (TPSA) is 38.0 Å². The minimum absolute atomic E-state index is 0.287. The number of hydrogen-bond donors (Lipinski definition) is 1. The van der Waals surface area contributed by atoms with Gasteiger partial charge in [0.2, 0.25) is 0 Å². The largest absolute Gasteiger partial charge is 0.508 e. The van der Waals surface area contributed by atoms with Gasteiger partial charge in [0.25, 0.3) is 0 Å². The van der Waals surface area contributed by atoms with E-state index in [9.17, 15) is 5.11 Å². The summed E-state index contributed by atoms with van der Waals surface area (Å²) in [6.07, 6.45) is 8.74. The Morgan fingerprint density at radius 1 is 0.833 bits per heavy atom. The molecule has 3 heterocycles. The Balaban J connectivity index is 1.95. The van der Waals surface area contributed by atoms with Crippen molar-refractivity contribution >= 4 is 33.0 Å². The number of phenolic OH excluding ortho intramolecular Hbond substituents is 1. The normalized spacial score (nSPS) is 13.1. The quantitative estimate of drug-likeness (QED) is 0.367. The van der Waals surface area contributed by atoms with Crippen molar-refractivity contribution in [1.82, 2.24) is 9.55 Å². The molecule has 1 aliphatic heterocycles. The fourth-order valence-electron chi connectivity index (χ4n) is 4.93. The summed E-state index contributed by atoms with van der Waals surface area (Å²) in [6.45, 7) is 4.52. The minimum atomic E-state index is 0.287. The molecule has 3 heteroatoms. The van der Waals surface area contributed by atoms with Gasteiger partial charge in [0.1, 0.15) is 11.6 Å². The lowest BCUT2D eigenvalue weighted by atomic mass is 9.88. The Labute approximate surface area is 177 Å². The molecule has 1 N–H and O–H groups in total. The molecular weight excluding hydrogens is 368 g/mol. The molecule has 0 aliphatic carbocycles. The summed E-state index contributed by atoms with van der Waals surface area (Å²) in [5.74, 6) is 1.27. The number of pyridine rings is 1. The van der Waals surface area contributed by atoms with Crippen LogP contribution in [0, 0.1) is 0 Å². The number of nitrogens with zero attached hydrogens (tertiary/aromatic N) is 2. The number of aromatic nitrogens is 2. The molecule has 2 aromatic heterocycles. The molecule has 0 fully saturated rings. The van der Waals surface area contributed by atoms with Crippen molar-refractivity contribution in [2.24, 2.45) is 0 Å². The summed E-state index contributed by atoms with van der Waals surface area (Å²) in [5.41, 5.74) is 7.70. The summed E-state index contributed by atoms with van der Waals surface area (Å²) >= 11 is 0. The monoisotopic (exact) mass is 396 g/mol. The highest BCUT2D eigenvalue weighted by molar-refractivity contribution is 6.15. The molecule has 0 radical (unpaired) electrons. The first-order valence-corrected chi connectivity index (χ1v) is 11.2. The van der Waals surface area contributed by atoms with E-state index in [1.807, 2.05) is 18.3 Å². The fraction of sp³-hybridized carbons (Fsp3) is 0.296. The second kappa shape index (κ2) is 7.64. The molecule has 3 nitrogen and oxygen atoms in total. The SMILES string of the molecule is CCCCC1=C(CCCC)c2cccc3c4ccc(O)cc4n(c23)-c2ncccc21. The van der Waals surface area contributed by atoms with Crippen molar-refractivity contribution in [3.05, 3.63) is 65.9 Å². The van der Waals surface area contributed by atoms with Gasteiger partial charge >= 0.3 is 0 Å². The van der Waals surface area contributed by atoms with E-state index in [2.05, 4.69) is 48.7 Å². The van der Waals surface area contributed by atoms with Crippen molar-refractivity contribution in [2.75, 3.05) is 0 Å². The molecule has 1 aliphatic rings. The van der Waals surface area contributed by atoms with Gasteiger partial charge in [-0.15, -0.1) is 0 Å². The van der Waals surface area contributed by atoms with Crippen LogP contribution in [-0.4, -0.2) is 14.7 Å². The standard InChI is InChI=1S/C27H28N2O/c1-3-5-9-19-20(10-6-4-2)24-13-8-16-28-27(24)29-25-17-18(30)14-15-21(25)23-12-7-11-22(19)26(23)29/h7-8,11-17,30H,3-6,9-10H2,1-2H3. The Morgan fingerprint density at radius 3 is 2.33 bits per heavy atom. The van der Waals surface area contributed by atoms with E-state index >= 15 is 0 Å². The molecule has 0 atom stereocenters. The molecule has 0 saturated carbocycles. The minimum Gasteiger partial charge on any atom is -0.508 e. The van der Waals surface area contributed by atoms with Crippen LogP contribution in [0.5, 0.6) is 5.75 Å². The van der Waals surface area contributed by atoms with Gasteiger partial charge in [-0.05, 0) is 61.1 Å². The highest BCUT2D eigenvalue weighted by Crippen LogP contribution is 2.45. The summed E-state index contributed by atoms with van der Waals surface area (Å²) in [6, 6.07) is 16.6. The zero-order chi connectivity index (χ0) is 20.7. The first-order valence-electron chi connectivity index (χ1n) is 11.2. The second-order valence-corrected chi connectivity index (χ2v) is 8.28. The predicted octanol–water partition coefficient (Wildman–Crippen LogP) is 7.49. The number of rotatable bonds is 6. The second-order valence-electron chi connectivity index (χ2n) is 8.28. The van der Waals surface area contributed by atoms with Crippen LogP contribution in [0.4, 0.5) is 0 Å². The van der Waals surface area contributed by atoms with Crippen LogP contribution in [0.25, 0.3) is 38.8 Å². The molecular formula is C27H28N2O. The molecule has 0 unspecified atom stereocenters. The maximum atomic E-state index is 10.3. The average Bonchev–Trinajstić information content (AvgIpc) is 3.03. The van der Waals surface area contributed by atoms with E-state index < -0.39 is 0 Å². The number of unbranched alkanes of at least 4 members (excludes halogenated alkanes) is 2. The molecule has 0 bridgehead atoms. The number of fused-ring (bicyclic) bond motifs is 5. The van der Waals surface area contributed by atoms with Crippen LogP contribution >= 0.6 is 0 Å². The molecule has 4 aromatic rings. The summed E-state index contributed by atoms with van der Waals surface area (Å²) in [7, 11) is 0. The number of para-hydroxylation sites is 1. The Morgan fingerprint density at radius 2 is 1.57 bits per heavy atom. The highest BCUT2D eigenvalue weighted by Gasteiger charge is 2.26. The van der Waals surface area contributed by atoms with Crippen molar-refractivity contribution in [3.63, 3.8) is 0 Å². The zero-order valence-electron chi connectivity index (χ0n) is 17.8. The highest BCUT2D eigenvalue weighted by atomic mass is 16.3. The lowest BCUT2D eigenvalue weighted by molar-refractivity contribution is 0.476. The van der Waals surface area contributed by atoms with Gasteiger partial charge in [0.15, 0.2) is 0 Å². The summed E-state index contributed by atoms with van der Waals surface area (Å²) < 4.78 is 2.28. The van der Waals surface area contributed by atoms with E-state index in [0.29, 0.717) is 0 Å². The Hall–Kier alpha value is -3.07. The predicted molar refractivity (Wildman–Crippen MR) is 126 cm³/mol. The lowest BCUT2D eigenvalue weighted by Gasteiger charge is -2.16. The fourth-order valence-corrected chi connectivity index (χ4v) is 4.93. The smallest absolute Gasteiger partial charge is 0.145 e. The third kappa shape index (κ3) is 2.84. The number of aromatic hydroxyl groups is 1. The molecule has 0 amide bonds. The van der Waals surface area contributed by atoms with Crippen molar-refractivity contribution in [2.45, 2.75) is 52.4 Å². The molecule has 152 valence electrons. The lowest BCUT2D eigenvalue weighted by Crippen LogP contribution is -2.01. The van der Waals surface area contributed by atoms with Gasteiger partial charge in [-0.3, -0.25) is 4.57 Å². The summed E-state index contributed by atoms with van der Waals surface area (Å²) in [4.78, 5) is 4.88. The molecule has 5 rings (SSSR count). The maximum absolute atomic E-state index is 10.3.